The lowest BCUT2D eigenvalue weighted by Crippen LogP contribution is -2.39. The Kier molecular flexibility index (Phi) is 12.2. The molecule has 0 aliphatic heterocycles. The van der Waals surface area contributed by atoms with E-state index in [0.29, 0.717) is 48.8 Å². The highest BCUT2D eigenvalue weighted by Crippen LogP contribution is 2.19. The van der Waals surface area contributed by atoms with Crippen molar-refractivity contribution in [3.05, 3.63) is 23.2 Å². The molecule has 7 nitrogen and oxygen atoms in total. The predicted octanol–water partition coefficient (Wildman–Crippen LogP) is 3.79. The summed E-state index contributed by atoms with van der Waals surface area (Å²) in [5, 5.41) is 6.49. The third-order valence-corrected chi connectivity index (χ3v) is 4.66. The molecule has 0 atom stereocenters. The standard InChI is InChI=1S/C20H33N3O4.HI/c1-4-21-20(22-11-12-26-16-9-7-5-6-8-10-16)23-14-17-13-18(15(2)27-17)19(24)25-3;/h13,16H,4-12,14H2,1-3H3,(H2,21,22,23);1H. The van der Waals surface area contributed by atoms with Gasteiger partial charge in [0.25, 0.3) is 0 Å². The summed E-state index contributed by atoms with van der Waals surface area (Å²) in [5.41, 5.74) is 0.442. The Balaban J connectivity index is 0.00000392. The Labute approximate surface area is 185 Å². The van der Waals surface area contributed by atoms with Gasteiger partial charge in [0.15, 0.2) is 5.96 Å². The molecule has 2 N–H and O–H groups in total. The number of rotatable bonds is 8. The van der Waals surface area contributed by atoms with Gasteiger partial charge in [0.2, 0.25) is 0 Å². The maximum Gasteiger partial charge on any atom is 0.341 e. The second kappa shape index (κ2) is 13.8. The summed E-state index contributed by atoms with van der Waals surface area (Å²) in [7, 11) is 1.36. The van der Waals surface area contributed by atoms with Crippen LogP contribution in [0.4, 0.5) is 0 Å². The quantitative estimate of drug-likeness (QED) is 0.139. The molecule has 160 valence electrons. The molecule has 8 heteroatoms. The van der Waals surface area contributed by atoms with Crippen LogP contribution in [0.5, 0.6) is 0 Å². The number of carbonyl (C=O) groups is 1. The lowest BCUT2D eigenvalue weighted by atomic mass is 10.1. The lowest BCUT2D eigenvalue weighted by molar-refractivity contribution is 0.0468. The summed E-state index contributed by atoms with van der Waals surface area (Å²) >= 11 is 0. The third kappa shape index (κ3) is 8.38. The van der Waals surface area contributed by atoms with E-state index < -0.39 is 5.97 Å². The van der Waals surface area contributed by atoms with Crippen molar-refractivity contribution in [3.63, 3.8) is 0 Å². The molecule has 0 aromatic carbocycles. The average molecular weight is 507 g/mol. The van der Waals surface area contributed by atoms with Crippen LogP contribution >= 0.6 is 24.0 Å². The minimum Gasteiger partial charge on any atom is -0.465 e. The first-order chi connectivity index (χ1) is 13.1. The molecule has 1 aliphatic rings. The van der Waals surface area contributed by atoms with Crippen molar-refractivity contribution < 1.29 is 18.7 Å². The number of carbonyl (C=O) groups excluding carboxylic acids is 1. The molecule has 1 aliphatic carbocycles. The van der Waals surface area contributed by atoms with Crippen LogP contribution in [0.2, 0.25) is 0 Å². The van der Waals surface area contributed by atoms with Crippen molar-refractivity contribution in [1.82, 2.24) is 10.6 Å². The van der Waals surface area contributed by atoms with Crippen molar-refractivity contribution in [1.29, 1.82) is 0 Å². The summed E-state index contributed by atoms with van der Waals surface area (Å²) in [6.07, 6.45) is 7.97. The van der Waals surface area contributed by atoms with Gasteiger partial charge in [-0.15, -0.1) is 24.0 Å². The summed E-state index contributed by atoms with van der Waals surface area (Å²) in [4.78, 5) is 16.2. The number of guanidine groups is 1. The number of ether oxygens (including phenoxy) is 2. The smallest absolute Gasteiger partial charge is 0.341 e. The highest BCUT2D eigenvalue weighted by atomic mass is 127. The van der Waals surface area contributed by atoms with Crippen molar-refractivity contribution in [2.24, 2.45) is 4.99 Å². The summed E-state index contributed by atoms with van der Waals surface area (Å²) < 4.78 is 16.3. The van der Waals surface area contributed by atoms with Crippen LogP contribution < -0.4 is 10.6 Å². The number of aryl methyl sites for hydroxylation is 1. The SMILES string of the molecule is CCNC(=NCc1cc(C(=O)OC)c(C)o1)NCCOC1CCCCCC1.I. The van der Waals surface area contributed by atoms with E-state index in [1.165, 1.54) is 45.6 Å². The van der Waals surface area contributed by atoms with Crippen molar-refractivity contribution in [3.8, 4) is 0 Å². The second-order valence-corrected chi connectivity index (χ2v) is 6.78. The number of halogens is 1. The largest absolute Gasteiger partial charge is 0.465 e. The van der Waals surface area contributed by atoms with Gasteiger partial charge < -0.3 is 24.5 Å². The van der Waals surface area contributed by atoms with Gasteiger partial charge >= 0.3 is 5.97 Å². The summed E-state index contributed by atoms with van der Waals surface area (Å²) in [5.74, 6) is 1.48. The number of hydrogen-bond acceptors (Lipinski definition) is 5. The number of methoxy groups -OCH3 is 1. The fourth-order valence-electron chi connectivity index (χ4n) is 3.24. The van der Waals surface area contributed by atoms with Gasteiger partial charge in [0.05, 0.1) is 19.8 Å². The van der Waals surface area contributed by atoms with Gasteiger partial charge in [-0.05, 0) is 32.8 Å². The number of nitrogens with one attached hydrogen (secondary N) is 2. The Bertz CT molecular complexity index is 611. The fraction of sp³-hybridized carbons (Fsp3) is 0.700. The number of nitrogens with zero attached hydrogens (tertiary/aromatic N) is 1. The first-order valence-corrected chi connectivity index (χ1v) is 9.95. The first kappa shape index (κ1) is 24.7. The fourth-order valence-corrected chi connectivity index (χ4v) is 3.24. The van der Waals surface area contributed by atoms with Gasteiger partial charge in [-0.2, -0.15) is 0 Å². The number of esters is 1. The number of aliphatic imine (C=N–C) groups is 1. The third-order valence-electron chi connectivity index (χ3n) is 4.66. The lowest BCUT2D eigenvalue weighted by Gasteiger charge is -2.16. The van der Waals surface area contributed by atoms with Crippen LogP contribution in [0, 0.1) is 6.92 Å². The highest BCUT2D eigenvalue weighted by Gasteiger charge is 2.15. The molecule has 1 heterocycles. The first-order valence-electron chi connectivity index (χ1n) is 9.95. The maximum absolute atomic E-state index is 11.7. The van der Waals surface area contributed by atoms with Crippen molar-refractivity contribution >= 4 is 35.9 Å². The molecule has 2 rings (SSSR count). The Morgan fingerprint density at radius 2 is 1.96 bits per heavy atom. The van der Waals surface area contributed by atoms with Crippen molar-refractivity contribution in [2.45, 2.75) is 65.0 Å². The van der Waals surface area contributed by atoms with Crippen LogP contribution in [-0.2, 0) is 16.0 Å². The van der Waals surface area contributed by atoms with Crippen LogP contribution in [0.25, 0.3) is 0 Å². The zero-order valence-electron chi connectivity index (χ0n) is 17.2. The predicted molar refractivity (Wildman–Crippen MR) is 120 cm³/mol. The van der Waals surface area contributed by atoms with Gasteiger partial charge in [-0.1, -0.05) is 25.7 Å². The topological polar surface area (TPSA) is 85.1 Å². The zero-order valence-corrected chi connectivity index (χ0v) is 19.5. The number of hydrogen-bond donors (Lipinski definition) is 2. The van der Waals surface area contributed by atoms with E-state index in [2.05, 4.69) is 15.6 Å². The van der Waals surface area contributed by atoms with Gasteiger partial charge in [0.1, 0.15) is 23.6 Å². The van der Waals surface area contributed by atoms with Gasteiger partial charge in [-0.25, -0.2) is 9.79 Å². The molecule has 28 heavy (non-hydrogen) atoms. The van der Waals surface area contributed by atoms with Gasteiger partial charge in [-0.3, -0.25) is 0 Å². The Hall–Kier alpha value is -1.29. The average Bonchev–Trinajstić information content (AvgIpc) is 2.86. The van der Waals surface area contributed by atoms with E-state index in [1.54, 1.807) is 13.0 Å². The normalized spacial score (nSPS) is 15.5. The monoisotopic (exact) mass is 507 g/mol. The molecule has 0 spiro atoms. The van der Waals surface area contributed by atoms with Crippen molar-refractivity contribution in [2.75, 3.05) is 26.8 Å². The zero-order chi connectivity index (χ0) is 19.5. The summed E-state index contributed by atoms with van der Waals surface area (Å²) in [6, 6.07) is 1.68. The van der Waals surface area contributed by atoms with Crippen LogP contribution in [0.15, 0.2) is 15.5 Å². The molecule has 1 fully saturated rings. The molecule has 0 bridgehead atoms. The molecule has 1 aromatic heterocycles. The molecular weight excluding hydrogens is 473 g/mol. The minimum absolute atomic E-state index is 0. The molecule has 0 radical (unpaired) electrons. The molecular formula is C20H34IN3O4. The minimum atomic E-state index is -0.396. The van der Waals surface area contributed by atoms with E-state index in [9.17, 15) is 4.79 Å². The van der Waals surface area contributed by atoms with Gasteiger partial charge in [0, 0.05) is 13.1 Å². The molecule has 0 unspecified atom stereocenters. The molecule has 0 amide bonds. The second-order valence-electron chi connectivity index (χ2n) is 6.78. The maximum atomic E-state index is 11.7. The van der Waals surface area contributed by atoms with Crippen LogP contribution in [0.3, 0.4) is 0 Å². The number of furan rings is 1. The van der Waals surface area contributed by atoms with E-state index in [4.69, 9.17) is 13.9 Å². The van der Waals surface area contributed by atoms with Crippen LogP contribution in [-0.4, -0.2) is 44.8 Å². The molecule has 1 aromatic rings. The van der Waals surface area contributed by atoms with E-state index in [-0.39, 0.29) is 24.0 Å². The Morgan fingerprint density at radius 3 is 2.61 bits per heavy atom. The van der Waals surface area contributed by atoms with E-state index in [1.807, 2.05) is 6.92 Å². The Morgan fingerprint density at radius 1 is 1.25 bits per heavy atom. The molecule has 1 saturated carbocycles. The highest BCUT2D eigenvalue weighted by molar-refractivity contribution is 14.0. The molecule has 0 saturated heterocycles. The van der Waals surface area contributed by atoms with E-state index >= 15 is 0 Å². The van der Waals surface area contributed by atoms with E-state index in [0.717, 1.165) is 6.54 Å². The van der Waals surface area contributed by atoms with Crippen LogP contribution in [0.1, 0.15) is 67.3 Å². The summed E-state index contributed by atoms with van der Waals surface area (Å²) in [6.45, 7) is 6.24.